The van der Waals surface area contributed by atoms with E-state index < -0.39 is 0 Å². The molecule has 2 fully saturated rings. The van der Waals surface area contributed by atoms with Gasteiger partial charge in [0.2, 0.25) is 0 Å². The largest absolute Gasteiger partial charge is 0.495 e. The lowest BCUT2D eigenvalue weighted by molar-refractivity contribution is 0.413. The number of fused-ring (bicyclic) bond motifs is 1. The summed E-state index contributed by atoms with van der Waals surface area (Å²) in [4.78, 5) is 17.2. The molecule has 1 saturated carbocycles. The van der Waals surface area contributed by atoms with Crippen molar-refractivity contribution >= 4 is 28.1 Å². The van der Waals surface area contributed by atoms with Crippen molar-refractivity contribution < 1.29 is 4.74 Å². The quantitative estimate of drug-likeness (QED) is 0.541. The number of piperazine rings is 1. The Morgan fingerprint density at radius 3 is 2.47 bits per heavy atom. The third kappa shape index (κ3) is 4.06. The molecule has 0 amide bonds. The fraction of sp³-hybridized carbons (Fsp3) is 0.462. The van der Waals surface area contributed by atoms with Crippen molar-refractivity contribution in [1.29, 1.82) is 0 Å². The van der Waals surface area contributed by atoms with Gasteiger partial charge < -0.3 is 19.4 Å². The van der Waals surface area contributed by atoms with Gasteiger partial charge in [0.1, 0.15) is 17.4 Å². The maximum Gasteiger partial charge on any atom is 0.142 e. The van der Waals surface area contributed by atoms with Crippen molar-refractivity contribution in [3.8, 4) is 5.75 Å². The fourth-order valence-corrected chi connectivity index (χ4v) is 4.64. The van der Waals surface area contributed by atoms with E-state index in [1.54, 1.807) is 7.11 Å². The highest BCUT2D eigenvalue weighted by Gasteiger charge is 2.29. The van der Waals surface area contributed by atoms with Crippen LogP contribution in [0.2, 0.25) is 0 Å². The number of anilines is 3. The predicted octanol–water partition coefficient (Wildman–Crippen LogP) is 4.69. The first-order valence-corrected chi connectivity index (χ1v) is 11.8. The lowest BCUT2D eigenvalue weighted by Gasteiger charge is -2.37. The highest BCUT2D eigenvalue weighted by molar-refractivity contribution is 5.92. The summed E-state index contributed by atoms with van der Waals surface area (Å²) < 4.78 is 5.59. The molecule has 1 aromatic heterocycles. The number of nitrogens with zero attached hydrogens (tertiary/aromatic N) is 5. The summed E-state index contributed by atoms with van der Waals surface area (Å²) in [6.07, 6.45) is 3.55. The Morgan fingerprint density at radius 1 is 1.00 bits per heavy atom. The van der Waals surface area contributed by atoms with Crippen LogP contribution in [0.4, 0.5) is 17.2 Å². The average Bonchev–Trinajstić information content (AvgIpc) is 3.69. The van der Waals surface area contributed by atoms with E-state index in [1.165, 1.54) is 29.6 Å². The Morgan fingerprint density at radius 2 is 1.75 bits per heavy atom. The Hall–Kier alpha value is -3.02. The number of aromatic nitrogens is 2. The minimum absolute atomic E-state index is 0.537. The van der Waals surface area contributed by atoms with Gasteiger partial charge in [0, 0.05) is 56.8 Å². The van der Waals surface area contributed by atoms with Gasteiger partial charge in [-0.1, -0.05) is 19.1 Å². The molecular formula is C26H33N5O. The van der Waals surface area contributed by atoms with Crippen molar-refractivity contribution in [2.45, 2.75) is 32.1 Å². The van der Waals surface area contributed by atoms with E-state index in [0.29, 0.717) is 5.92 Å². The molecule has 0 atom stereocenters. The summed E-state index contributed by atoms with van der Waals surface area (Å²) in [6, 6.07) is 15.0. The minimum Gasteiger partial charge on any atom is -0.495 e. The first kappa shape index (κ1) is 20.9. The second-order valence-electron chi connectivity index (χ2n) is 8.95. The molecule has 0 radical (unpaired) electrons. The molecule has 0 unspecified atom stereocenters. The van der Waals surface area contributed by atoms with E-state index in [-0.39, 0.29) is 0 Å². The topological polar surface area (TPSA) is 44.7 Å². The zero-order valence-electron chi connectivity index (χ0n) is 19.4. The van der Waals surface area contributed by atoms with Crippen LogP contribution in [0, 0.1) is 0 Å². The summed E-state index contributed by atoms with van der Waals surface area (Å²) in [7, 11) is 3.91. The van der Waals surface area contributed by atoms with Crippen LogP contribution in [0.5, 0.6) is 5.75 Å². The first-order valence-electron chi connectivity index (χ1n) is 11.8. The highest BCUT2D eigenvalue weighted by Crippen LogP contribution is 2.40. The van der Waals surface area contributed by atoms with Crippen molar-refractivity contribution in [3.63, 3.8) is 0 Å². The molecule has 2 heterocycles. The van der Waals surface area contributed by atoms with Gasteiger partial charge in [-0.2, -0.15) is 0 Å². The molecule has 1 aliphatic carbocycles. The molecule has 1 aliphatic heterocycles. The van der Waals surface area contributed by atoms with E-state index in [9.17, 15) is 0 Å². The van der Waals surface area contributed by atoms with Crippen molar-refractivity contribution in [1.82, 2.24) is 9.97 Å². The Kier molecular flexibility index (Phi) is 5.77. The smallest absolute Gasteiger partial charge is 0.142 e. The van der Waals surface area contributed by atoms with Crippen LogP contribution in [-0.4, -0.2) is 56.8 Å². The maximum absolute atomic E-state index is 5.59. The molecule has 32 heavy (non-hydrogen) atoms. The second-order valence-corrected chi connectivity index (χ2v) is 8.95. The van der Waals surface area contributed by atoms with Gasteiger partial charge in [-0.25, -0.2) is 9.97 Å². The van der Waals surface area contributed by atoms with Gasteiger partial charge in [-0.05, 0) is 49.6 Å². The molecule has 2 aromatic carbocycles. The van der Waals surface area contributed by atoms with Gasteiger partial charge in [0.05, 0.1) is 18.3 Å². The highest BCUT2D eigenvalue weighted by atomic mass is 16.5. The monoisotopic (exact) mass is 431 g/mol. The molecular weight excluding hydrogens is 398 g/mol. The van der Waals surface area contributed by atoms with Crippen molar-refractivity contribution in [2.75, 3.05) is 61.6 Å². The fourth-order valence-electron chi connectivity index (χ4n) is 4.64. The molecule has 0 bridgehead atoms. The number of ether oxygens (including phenoxy) is 1. The SMILES string of the molecule is CCCN(C)c1ccc2nc(C3CC3)nc(N3CCN(c4ccccc4OC)CC3)c2c1. The van der Waals surface area contributed by atoms with Crippen molar-refractivity contribution in [3.05, 3.63) is 48.3 Å². The molecule has 2 aliphatic rings. The maximum atomic E-state index is 5.59. The number of hydrogen-bond donors (Lipinski definition) is 0. The van der Waals surface area contributed by atoms with Gasteiger partial charge in [0.25, 0.3) is 0 Å². The lowest BCUT2D eigenvalue weighted by atomic mass is 10.1. The molecule has 1 saturated heterocycles. The normalized spacial score (nSPS) is 16.5. The summed E-state index contributed by atoms with van der Waals surface area (Å²) in [5.74, 6) is 3.60. The first-order chi connectivity index (χ1) is 15.7. The zero-order chi connectivity index (χ0) is 22.1. The van der Waals surface area contributed by atoms with Gasteiger partial charge in [0.15, 0.2) is 0 Å². The Balaban J connectivity index is 1.45. The number of para-hydroxylation sites is 2. The van der Waals surface area contributed by atoms with E-state index in [2.05, 4.69) is 59.0 Å². The molecule has 0 N–H and O–H groups in total. The van der Waals surface area contributed by atoms with Crippen LogP contribution < -0.4 is 19.4 Å². The van der Waals surface area contributed by atoms with Crippen LogP contribution in [0.15, 0.2) is 42.5 Å². The molecule has 3 aromatic rings. The third-order valence-electron chi connectivity index (χ3n) is 6.62. The predicted molar refractivity (Wildman–Crippen MR) is 132 cm³/mol. The van der Waals surface area contributed by atoms with E-state index in [0.717, 1.165) is 62.1 Å². The Bertz CT molecular complexity index is 1090. The van der Waals surface area contributed by atoms with Crippen molar-refractivity contribution in [2.24, 2.45) is 0 Å². The van der Waals surface area contributed by atoms with Crippen LogP contribution in [-0.2, 0) is 0 Å². The summed E-state index contributed by atoms with van der Waals surface area (Å²) >= 11 is 0. The van der Waals surface area contributed by atoms with Crippen LogP contribution in [0.3, 0.4) is 0 Å². The second kappa shape index (κ2) is 8.85. The minimum atomic E-state index is 0.537. The molecule has 168 valence electrons. The average molecular weight is 432 g/mol. The number of hydrogen-bond acceptors (Lipinski definition) is 6. The zero-order valence-corrected chi connectivity index (χ0v) is 19.4. The van der Waals surface area contributed by atoms with Crippen LogP contribution in [0.1, 0.15) is 37.9 Å². The van der Waals surface area contributed by atoms with Gasteiger partial charge >= 0.3 is 0 Å². The van der Waals surface area contributed by atoms with E-state index >= 15 is 0 Å². The van der Waals surface area contributed by atoms with E-state index in [1.807, 2.05) is 12.1 Å². The van der Waals surface area contributed by atoms with Gasteiger partial charge in [-0.15, -0.1) is 0 Å². The van der Waals surface area contributed by atoms with Gasteiger partial charge in [-0.3, -0.25) is 0 Å². The standard InChI is InChI=1S/C26H33N5O/c1-4-13-29(2)20-11-12-22-21(18-20)26(28-25(27-22)19-9-10-19)31-16-14-30(15-17-31)23-7-5-6-8-24(23)32-3/h5-8,11-12,18-19H,4,9-10,13-17H2,1-3H3. The van der Waals surface area contributed by atoms with Crippen LogP contribution in [0.25, 0.3) is 10.9 Å². The summed E-state index contributed by atoms with van der Waals surface area (Å²) in [5, 5.41) is 1.17. The van der Waals surface area contributed by atoms with Crippen LogP contribution >= 0.6 is 0 Å². The molecule has 6 heteroatoms. The molecule has 6 nitrogen and oxygen atoms in total. The molecule has 0 spiro atoms. The number of methoxy groups -OCH3 is 1. The van der Waals surface area contributed by atoms with E-state index in [4.69, 9.17) is 14.7 Å². The number of benzene rings is 2. The number of rotatable bonds is 7. The third-order valence-corrected chi connectivity index (χ3v) is 6.62. The molecule has 5 rings (SSSR count). The lowest BCUT2D eigenvalue weighted by Crippen LogP contribution is -2.47. The summed E-state index contributed by atoms with van der Waals surface area (Å²) in [6.45, 7) is 7.02. The Labute approximate surface area is 190 Å². The summed E-state index contributed by atoms with van der Waals surface area (Å²) in [5.41, 5.74) is 3.47.